The van der Waals surface area contributed by atoms with Crippen LogP contribution in [-0.4, -0.2) is 337 Å². The third kappa shape index (κ3) is 87.9. The van der Waals surface area contributed by atoms with Gasteiger partial charge >= 0.3 is 91.9 Å². The Labute approximate surface area is 763 Å². The van der Waals surface area contributed by atoms with Gasteiger partial charge < -0.3 is 139 Å². The molecule has 0 bridgehead atoms. The second kappa shape index (κ2) is 98.4. The smallest absolute Gasteiger partial charge is 0.495 e. The summed E-state index contributed by atoms with van der Waals surface area (Å²) in [5.74, 6) is 0.384. The molecule has 0 aromatic rings. The van der Waals surface area contributed by atoms with E-state index >= 15 is 0 Å². The van der Waals surface area contributed by atoms with Gasteiger partial charge in [-0.3, -0.25) is 27.4 Å². The molecular weight excluding hydrogens is 1790 g/mol. The molecule has 124 heavy (non-hydrogen) atoms. The number of hydrogen-bond acceptors (Lipinski definition) is 37. The van der Waals surface area contributed by atoms with Gasteiger partial charge in [-0.15, -0.1) is 13.2 Å². The minimum Gasteiger partial charge on any atom is -0.495 e. The third-order valence-electron chi connectivity index (χ3n) is 17.4. The standard InChI is InChI=1S/C17H37NO5Si.C14H35NO6Si3.C11H25NO5Si.C11H20O2.C6H17NO3Si.C6H10O2.2C5H14O3Si.2CH4.2O2Si/c1-6-8-10-16(7-2)15-23-17(19)11-13-18-12-9-14-24(20-3,21-4)22-5;1-17-24(18-2,19-3)13-9-11-15-12-10-14(16)20-23(7,8)21-22(4,5)6;1-5-8-17-11(13)10-12-7-6-9-18(14-2,15-3)16-4;1-4-7-8-10(5-2)9-13-11(12)6-3;1-8-11(9-2,10-3)6-4-5-7;1-2-3-7-4-6-5-8-6;2*1-5-9(6-2,7-3)8-4;;;2*1-3-2/h16,18H,6-15H2,1-5H3;15H,9-13H2,1-8H3;5,11-13H,1,6-10H2,2-4H3;6,10H,3-5,7-9H2,1-2H3;4-7H2,1-3H3;2,6H,1,3-5H2;2*5H2,1-4H3;2*1H4;;. The fraction of sp³-hybridized carbons (Fsp3) is 0.883. The summed E-state index contributed by atoms with van der Waals surface area (Å²) in [6.07, 6.45) is 17.6. The Morgan fingerprint density at radius 1 is 0.468 bits per heavy atom. The van der Waals surface area contributed by atoms with Crippen LogP contribution in [0.3, 0.4) is 0 Å². The van der Waals surface area contributed by atoms with Gasteiger partial charge in [0.1, 0.15) is 6.10 Å². The van der Waals surface area contributed by atoms with Crippen LogP contribution >= 0.6 is 0 Å². The molecule has 1 fully saturated rings. The highest BCUT2D eigenvalue weighted by atomic mass is 28.4. The lowest BCUT2D eigenvalue weighted by Crippen LogP contribution is -2.46. The lowest BCUT2D eigenvalue weighted by atomic mass is 10.0. The van der Waals surface area contributed by atoms with Crippen molar-refractivity contribution >= 4 is 106 Å². The van der Waals surface area contributed by atoms with Crippen LogP contribution in [0.2, 0.25) is 69.0 Å². The molecule has 0 radical (unpaired) electrons. The van der Waals surface area contributed by atoms with Crippen LogP contribution in [0, 0.1) is 11.8 Å². The van der Waals surface area contributed by atoms with E-state index in [1.165, 1.54) is 31.8 Å². The number of ether oxygens (including phenoxy) is 5. The fourth-order valence-electron chi connectivity index (χ4n) is 10.2. The first-order valence-corrected chi connectivity index (χ1v) is 60.7. The van der Waals surface area contributed by atoms with Crippen LogP contribution in [0.4, 0.5) is 0 Å². The maximum atomic E-state index is 11.9. The van der Waals surface area contributed by atoms with Crippen LogP contribution in [0.1, 0.15) is 146 Å². The summed E-state index contributed by atoms with van der Waals surface area (Å²) in [5, 5.41) is 19.0. The second-order valence-corrected chi connectivity index (χ2v) is 54.7. The summed E-state index contributed by atoms with van der Waals surface area (Å²) in [5.41, 5.74) is 5.36. The molecule has 1 heterocycles. The Balaban J connectivity index is -0.000000133. The molecule has 746 valence electrons. The summed E-state index contributed by atoms with van der Waals surface area (Å²) in [7, 11) is 7.93. The molecule has 0 amide bonds. The molecule has 1 saturated heterocycles. The first kappa shape index (κ1) is 145. The van der Waals surface area contributed by atoms with E-state index in [2.05, 4.69) is 83.0 Å². The number of rotatable bonds is 66. The molecule has 0 aromatic heterocycles. The Kier molecular flexibility index (Phi) is 115. The molecular formula is C77H180N4O33Si10. The number of nitrogens with two attached hydrogens (primary N) is 1. The minimum absolute atomic E-state index is 0. The molecule has 6 N–H and O–H groups in total. The SMILES string of the molecule is C.C.C=CC(=O)OCC(CC)CCCC.C=CCOC(O)CNCCC[Si](OC)(OC)OC.C=CCOCC1CO1.CCCCC(CC)COC(=O)CCNCCC[Si](OC)(OC)OC.CC[Si](OC)(OC)OC.CC[Si](OC)(OC)OC.CO[Si](CCCN)(OC)OC.CO[Si](CCCNCCC(=O)O[Si](C)(C)O[Si](C)(C)C)(OC)OC.O=[Si]=O.O=[Si]=O. The van der Waals surface area contributed by atoms with E-state index < -0.39 is 94.6 Å². The van der Waals surface area contributed by atoms with Crippen LogP contribution < -0.4 is 21.7 Å². The van der Waals surface area contributed by atoms with Gasteiger partial charge in [-0.25, -0.2) is 4.79 Å². The molecule has 0 aromatic carbocycles. The lowest BCUT2D eigenvalue weighted by Gasteiger charge is -2.30. The Morgan fingerprint density at radius 2 is 0.782 bits per heavy atom. The molecule has 47 heteroatoms. The van der Waals surface area contributed by atoms with Crippen molar-refractivity contribution in [2.75, 3.05) is 213 Å². The van der Waals surface area contributed by atoms with Gasteiger partial charge in [0.2, 0.25) is 0 Å². The zero-order valence-corrected chi connectivity index (χ0v) is 90.6. The first-order chi connectivity index (χ1) is 57.9. The van der Waals surface area contributed by atoms with Crippen molar-refractivity contribution in [1.82, 2.24) is 16.0 Å². The van der Waals surface area contributed by atoms with Crippen LogP contribution in [-0.2, 0) is 144 Å². The molecule has 0 spiro atoms. The largest absolute Gasteiger partial charge is 0.549 e. The van der Waals surface area contributed by atoms with Gasteiger partial charge in [0.15, 0.2) is 14.6 Å². The van der Waals surface area contributed by atoms with Crippen molar-refractivity contribution in [1.29, 1.82) is 0 Å². The molecule has 4 atom stereocenters. The summed E-state index contributed by atoms with van der Waals surface area (Å²) in [6.45, 7) is 41.3. The molecule has 37 nitrogen and oxygen atoms in total. The van der Waals surface area contributed by atoms with Crippen LogP contribution in [0.5, 0.6) is 0 Å². The van der Waals surface area contributed by atoms with Crippen molar-refractivity contribution in [3.8, 4) is 0 Å². The van der Waals surface area contributed by atoms with E-state index in [1.807, 2.05) is 26.9 Å². The predicted octanol–water partition coefficient (Wildman–Crippen LogP) is 11.2. The van der Waals surface area contributed by atoms with Gasteiger partial charge in [0.25, 0.3) is 5.97 Å². The van der Waals surface area contributed by atoms with E-state index in [-0.39, 0.29) is 32.8 Å². The monoisotopic (exact) mass is 1970 g/mol. The van der Waals surface area contributed by atoms with Crippen LogP contribution in [0.25, 0.3) is 0 Å². The molecule has 1 aliphatic rings. The normalized spacial score (nSPS) is 12.9. The zero-order valence-electron chi connectivity index (χ0n) is 80.6. The Hall–Kier alpha value is -2.08. The van der Waals surface area contributed by atoms with E-state index in [1.54, 1.807) is 140 Å². The van der Waals surface area contributed by atoms with Crippen molar-refractivity contribution in [2.24, 2.45) is 17.6 Å². The zero-order chi connectivity index (χ0) is 95.7. The number of carbonyl (C=O) groups is 3. The van der Waals surface area contributed by atoms with Crippen molar-refractivity contribution in [2.45, 2.75) is 228 Å². The van der Waals surface area contributed by atoms with Gasteiger partial charge in [-0.05, 0) is 109 Å². The highest BCUT2D eigenvalue weighted by Crippen LogP contribution is 2.21. The van der Waals surface area contributed by atoms with E-state index in [9.17, 15) is 19.5 Å². The minimum atomic E-state index is -2.49. The summed E-state index contributed by atoms with van der Waals surface area (Å²) < 4.78 is 165. The number of carbonyl (C=O) groups excluding carboxylic acids is 3. The molecule has 1 rings (SSSR count). The van der Waals surface area contributed by atoms with Gasteiger partial charge in [0, 0.05) is 190 Å². The maximum Gasteiger partial charge on any atom is 0.549 e. The summed E-state index contributed by atoms with van der Waals surface area (Å²) in [6, 6.07) is 4.63. The van der Waals surface area contributed by atoms with E-state index in [0.717, 1.165) is 120 Å². The second-order valence-electron chi connectivity index (χ2n) is 27.3. The number of unbranched alkanes of at least 4 members (excludes halogenated alkanes) is 2. The summed E-state index contributed by atoms with van der Waals surface area (Å²) in [4.78, 5) is 34.4. The van der Waals surface area contributed by atoms with Gasteiger partial charge in [-0.2, -0.15) is 0 Å². The van der Waals surface area contributed by atoms with Gasteiger partial charge in [0.05, 0.1) is 52.5 Å². The average Bonchev–Trinajstić information content (AvgIpc) is 1.10. The topological polar surface area (TPSA) is 436 Å². The summed E-state index contributed by atoms with van der Waals surface area (Å²) >= 11 is 0. The number of nitrogens with one attached hydrogen (secondary N) is 3. The molecule has 4 unspecified atom stereocenters. The van der Waals surface area contributed by atoms with Crippen LogP contribution in [0.15, 0.2) is 38.0 Å². The van der Waals surface area contributed by atoms with E-state index in [0.29, 0.717) is 83.4 Å². The number of hydrogen-bond donors (Lipinski definition) is 5. The number of esters is 2. The third-order valence-corrected chi connectivity index (χ3v) is 39.4. The van der Waals surface area contributed by atoms with Crippen molar-refractivity contribution in [3.63, 3.8) is 0 Å². The van der Waals surface area contributed by atoms with Crippen molar-refractivity contribution in [3.05, 3.63) is 38.0 Å². The Morgan fingerprint density at radius 3 is 1.05 bits per heavy atom. The average molecular weight is 1970 g/mol. The van der Waals surface area contributed by atoms with Gasteiger partial charge in [-0.1, -0.05) is 114 Å². The molecule has 1 aliphatic heterocycles. The maximum absolute atomic E-state index is 11.9. The Bertz CT molecular complexity index is 2320. The van der Waals surface area contributed by atoms with Crippen molar-refractivity contribution < 1.29 is 149 Å². The highest BCUT2D eigenvalue weighted by molar-refractivity contribution is 6.82. The number of aliphatic hydroxyl groups is 1. The quantitative estimate of drug-likeness (QED) is 0.00718. The van der Waals surface area contributed by atoms with E-state index in [4.69, 9.17) is 135 Å². The molecule has 0 aliphatic carbocycles. The lowest BCUT2D eigenvalue weighted by molar-refractivity contribution is -0.145. The fourth-order valence-corrected chi connectivity index (χ4v) is 26.5. The first-order valence-electron chi connectivity index (χ1n) is 41.2. The number of epoxide rings is 1. The predicted molar refractivity (Wildman–Crippen MR) is 504 cm³/mol. The molecule has 0 saturated carbocycles. The number of aliphatic hydroxyl groups excluding tert-OH is 1. The highest BCUT2D eigenvalue weighted by Gasteiger charge is 2.41.